The monoisotopic (exact) mass is 982 g/mol. The van der Waals surface area contributed by atoms with Gasteiger partial charge in [-0.2, -0.15) is 0 Å². The van der Waals surface area contributed by atoms with E-state index >= 15 is 0 Å². The highest BCUT2D eigenvalue weighted by molar-refractivity contribution is 7.19. The van der Waals surface area contributed by atoms with Crippen molar-refractivity contribution in [2.24, 2.45) is 0 Å². The van der Waals surface area contributed by atoms with Crippen LogP contribution in [0.25, 0.3) is 77.2 Å². The van der Waals surface area contributed by atoms with Gasteiger partial charge in [0.15, 0.2) is 8.07 Å². The van der Waals surface area contributed by atoms with Gasteiger partial charge in [0, 0.05) is 38.5 Å². The molecule has 0 radical (unpaired) electrons. The van der Waals surface area contributed by atoms with Gasteiger partial charge in [-0.25, -0.2) is 0 Å². The van der Waals surface area contributed by atoms with Crippen molar-refractivity contribution in [1.82, 2.24) is 9.13 Å². The van der Waals surface area contributed by atoms with Crippen molar-refractivity contribution < 1.29 is 0 Å². The number of hydrogen-bond acceptors (Lipinski definition) is 0. The van der Waals surface area contributed by atoms with Crippen LogP contribution in [0.3, 0.4) is 0 Å². The third-order valence-electron chi connectivity index (χ3n) is 16.6. The summed E-state index contributed by atoms with van der Waals surface area (Å²) in [6, 6.07) is 113. The van der Waals surface area contributed by atoms with Gasteiger partial charge < -0.3 is 9.13 Å². The normalized spacial score (nSPS) is 12.8. The Morgan fingerprint density at radius 2 is 0.711 bits per heavy atom. The Bertz CT molecular complexity index is 4350. The fourth-order valence-corrected chi connectivity index (χ4v) is 18.2. The Labute approximate surface area is 443 Å². The van der Waals surface area contributed by atoms with E-state index in [0.29, 0.717) is 0 Å². The molecule has 0 amide bonds. The summed E-state index contributed by atoms with van der Waals surface area (Å²) in [4.78, 5) is 0. The van der Waals surface area contributed by atoms with Crippen molar-refractivity contribution in [1.29, 1.82) is 0 Å². The van der Waals surface area contributed by atoms with E-state index in [1.165, 1.54) is 109 Å². The second kappa shape index (κ2) is 17.6. The lowest BCUT2D eigenvalue weighted by Gasteiger charge is -2.34. The molecule has 2 aromatic heterocycles. The highest BCUT2D eigenvalue weighted by Crippen LogP contribution is 2.57. The van der Waals surface area contributed by atoms with Crippen molar-refractivity contribution in [3.8, 4) is 33.6 Å². The van der Waals surface area contributed by atoms with Gasteiger partial charge >= 0.3 is 0 Å². The van der Waals surface area contributed by atoms with Crippen LogP contribution in [0.2, 0.25) is 0 Å². The molecule has 2 nitrogen and oxygen atoms in total. The lowest BCUT2D eigenvalue weighted by Crippen LogP contribution is -2.74. The van der Waals surface area contributed by atoms with Crippen LogP contribution in [-0.2, 0) is 5.41 Å². The van der Waals surface area contributed by atoms with Gasteiger partial charge in [0.05, 0.1) is 27.5 Å². The standard InChI is InChI=1S/C73H50N2Si/c1-6-23-52(24-7-1)73(53-25-8-2-9-26-53)67-38-19-16-33-61(67)62-47-41-51(49-68(62)73)60-36-22-37-66-64-35-18-21-40-70(64)75(72(60)66)55-44-48-65-63-34-17-20-39-69(63)74(71(65)50-55)54-42-45-59(46-43-54)76(56-27-10-3-11-28-56,57-29-12-4-13-30-57)58-31-14-5-15-32-58/h1-50H. The Kier molecular flexibility index (Phi) is 10.2. The number of benzene rings is 12. The lowest BCUT2D eigenvalue weighted by molar-refractivity contribution is 0.769. The summed E-state index contributed by atoms with van der Waals surface area (Å²) in [7, 11) is -2.72. The zero-order valence-electron chi connectivity index (χ0n) is 41.8. The van der Waals surface area contributed by atoms with E-state index in [4.69, 9.17) is 0 Å². The smallest absolute Gasteiger partial charge is 0.179 e. The van der Waals surface area contributed by atoms with Crippen molar-refractivity contribution >= 4 is 72.4 Å². The Hall–Kier alpha value is -9.54. The SMILES string of the molecule is c1ccc(C2(c3ccccc3)c3ccccc3-c3ccc(-c4cccc5c6ccccc6n(-c6ccc7c8ccccc8n(-c8ccc([Si](c9ccccc9)(c9ccccc9)c9ccccc9)cc8)c7c6)c45)cc32)cc1. The maximum absolute atomic E-state index is 2.72. The third kappa shape index (κ3) is 6.40. The molecule has 3 heteroatoms. The average Bonchev–Trinajstić information content (AvgIpc) is 4.24. The Balaban J connectivity index is 0.940. The number of nitrogens with zero attached hydrogens (tertiary/aromatic N) is 2. The minimum atomic E-state index is -2.72. The molecule has 15 rings (SSSR count). The van der Waals surface area contributed by atoms with Crippen molar-refractivity contribution in [2.45, 2.75) is 5.41 Å². The van der Waals surface area contributed by atoms with Gasteiger partial charge in [-0.3, -0.25) is 0 Å². The topological polar surface area (TPSA) is 9.86 Å². The number of aromatic nitrogens is 2. The molecule has 14 aromatic rings. The molecule has 0 bridgehead atoms. The van der Waals surface area contributed by atoms with Crippen LogP contribution < -0.4 is 20.7 Å². The molecule has 0 saturated carbocycles. The van der Waals surface area contributed by atoms with E-state index in [9.17, 15) is 0 Å². The van der Waals surface area contributed by atoms with Crippen molar-refractivity contribution in [2.75, 3.05) is 0 Å². The summed E-state index contributed by atoms with van der Waals surface area (Å²) in [6.45, 7) is 0. The van der Waals surface area contributed by atoms with E-state index < -0.39 is 13.5 Å². The summed E-state index contributed by atoms with van der Waals surface area (Å²) < 4.78 is 5.00. The molecule has 0 saturated heterocycles. The van der Waals surface area contributed by atoms with Crippen molar-refractivity contribution in [3.63, 3.8) is 0 Å². The molecule has 0 N–H and O–H groups in total. The van der Waals surface area contributed by atoms with E-state index in [1.54, 1.807) is 0 Å². The quantitative estimate of drug-likeness (QED) is 0.101. The molecule has 12 aromatic carbocycles. The molecule has 0 unspecified atom stereocenters. The molecule has 76 heavy (non-hydrogen) atoms. The van der Waals surface area contributed by atoms with Gasteiger partial charge in [-0.15, -0.1) is 0 Å². The number of para-hydroxylation sites is 3. The van der Waals surface area contributed by atoms with Crippen molar-refractivity contribution in [3.05, 3.63) is 326 Å². The van der Waals surface area contributed by atoms with E-state index in [2.05, 4.69) is 312 Å². The first-order chi connectivity index (χ1) is 37.7. The fraction of sp³-hybridized carbons (Fsp3) is 0.0137. The molecule has 356 valence electrons. The zero-order chi connectivity index (χ0) is 50.2. The van der Waals surface area contributed by atoms with E-state index in [-0.39, 0.29) is 0 Å². The highest BCUT2D eigenvalue weighted by Gasteiger charge is 2.46. The third-order valence-corrected chi connectivity index (χ3v) is 21.4. The lowest BCUT2D eigenvalue weighted by atomic mass is 9.67. The largest absolute Gasteiger partial charge is 0.309 e. The highest BCUT2D eigenvalue weighted by atomic mass is 28.3. The zero-order valence-corrected chi connectivity index (χ0v) is 42.8. The van der Waals surface area contributed by atoms with Crippen LogP contribution in [0.4, 0.5) is 0 Å². The van der Waals surface area contributed by atoms with Gasteiger partial charge in [-0.1, -0.05) is 261 Å². The number of fused-ring (bicyclic) bond motifs is 9. The van der Waals surface area contributed by atoms with Crippen LogP contribution in [0.15, 0.2) is 303 Å². The first-order valence-electron chi connectivity index (χ1n) is 26.4. The van der Waals surface area contributed by atoms with Crippen LogP contribution in [0, 0.1) is 0 Å². The first kappa shape index (κ1) is 44.0. The molecule has 2 heterocycles. The number of hydrogen-bond donors (Lipinski definition) is 0. The van der Waals surface area contributed by atoms with Gasteiger partial charge in [0.25, 0.3) is 0 Å². The van der Waals surface area contributed by atoms with Gasteiger partial charge in [0.1, 0.15) is 0 Å². The van der Waals surface area contributed by atoms with Crippen LogP contribution in [0.5, 0.6) is 0 Å². The van der Waals surface area contributed by atoms with Gasteiger partial charge in [-0.05, 0) is 102 Å². The predicted octanol–water partition coefficient (Wildman–Crippen LogP) is 15.3. The Morgan fingerprint density at radius 1 is 0.263 bits per heavy atom. The van der Waals surface area contributed by atoms with Crippen LogP contribution in [0.1, 0.15) is 22.3 Å². The second-order valence-electron chi connectivity index (χ2n) is 20.3. The molecule has 0 aliphatic heterocycles. The van der Waals surface area contributed by atoms with Crippen LogP contribution >= 0.6 is 0 Å². The molecule has 0 atom stereocenters. The Morgan fingerprint density at radius 3 is 1.33 bits per heavy atom. The predicted molar refractivity (Wildman–Crippen MR) is 321 cm³/mol. The summed E-state index contributed by atoms with van der Waals surface area (Å²) in [5, 5.41) is 10.4. The summed E-state index contributed by atoms with van der Waals surface area (Å²) in [5.41, 5.74) is 16.6. The average molecular weight is 983 g/mol. The minimum absolute atomic E-state index is 0.504. The van der Waals surface area contributed by atoms with E-state index in [1.807, 2.05) is 0 Å². The minimum Gasteiger partial charge on any atom is -0.309 e. The molecule has 1 aliphatic carbocycles. The molecule has 0 fully saturated rings. The molecule has 1 aliphatic rings. The van der Waals surface area contributed by atoms with Gasteiger partial charge in [0.2, 0.25) is 0 Å². The molecular formula is C73H50N2Si. The van der Waals surface area contributed by atoms with E-state index in [0.717, 1.165) is 11.4 Å². The molecular weight excluding hydrogens is 933 g/mol. The second-order valence-corrected chi connectivity index (χ2v) is 24.1. The summed E-state index contributed by atoms with van der Waals surface area (Å²) >= 11 is 0. The first-order valence-corrected chi connectivity index (χ1v) is 28.4. The maximum Gasteiger partial charge on any atom is 0.179 e. The number of rotatable bonds is 9. The summed E-state index contributed by atoms with van der Waals surface area (Å²) in [5.74, 6) is 0. The fourth-order valence-electron chi connectivity index (χ4n) is 13.4. The molecule has 0 spiro atoms. The maximum atomic E-state index is 2.52. The van der Waals surface area contributed by atoms with Crippen LogP contribution in [-0.4, -0.2) is 17.2 Å². The summed E-state index contributed by atoms with van der Waals surface area (Å²) in [6.07, 6.45) is 0.